The molecule has 1 aliphatic rings. The SMILES string of the molecule is CC(C)N1CC(C(C)(C)O)c2c(Br)cccc21. The van der Waals surface area contributed by atoms with Crippen LogP contribution in [-0.4, -0.2) is 23.3 Å². The van der Waals surface area contributed by atoms with Crippen LogP contribution in [0, 0.1) is 0 Å². The van der Waals surface area contributed by atoms with Crippen LogP contribution in [0.5, 0.6) is 0 Å². The van der Waals surface area contributed by atoms with Gasteiger partial charge in [0, 0.05) is 28.7 Å². The normalized spacial score (nSPS) is 19.9. The number of anilines is 1. The Morgan fingerprint density at radius 1 is 1.41 bits per heavy atom. The molecule has 1 aliphatic heterocycles. The van der Waals surface area contributed by atoms with Gasteiger partial charge in [0.05, 0.1) is 5.60 Å². The fourth-order valence-electron chi connectivity index (χ4n) is 2.57. The third kappa shape index (κ3) is 2.23. The van der Waals surface area contributed by atoms with Crippen molar-refractivity contribution in [1.29, 1.82) is 0 Å². The molecule has 0 saturated heterocycles. The Kier molecular flexibility index (Phi) is 3.25. The molecule has 94 valence electrons. The summed E-state index contributed by atoms with van der Waals surface area (Å²) in [5.41, 5.74) is 1.80. The maximum atomic E-state index is 10.3. The summed E-state index contributed by atoms with van der Waals surface area (Å²) < 4.78 is 1.10. The molecule has 1 heterocycles. The highest BCUT2D eigenvalue weighted by atomic mass is 79.9. The van der Waals surface area contributed by atoms with Gasteiger partial charge >= 0.3 is 0 Å². The minimum absolute atomic E-state index is 0.162. The zero-order chi connectivity index (χ0) is 12.8. The summed E-state index contributed by atoms with van der Waals surface area (Å²) in [7, 11) is 0. The topological polar surface area (TPSA) is 23.5 Å². The number of aliphatic hydroxyl groups is 1. The third-order valence-electron chi connectivity index (χ3n) is 3.54. The van der Waals surface area contributed by atoms with Crippen LogP contribution in [0.25, 0.3) is 0 Å². The molecule has 0 aliphatic carbocycles. The van der Waals surface area contributed by atoms with Gasteiger partial charge in [-0.1, -0.05) is 22.0 Å². The lowest BCUT2D eigenvalue weighted by Gasteiger charge is -2.28. The van der Waals surface area contributed by atoms with Crippen molar-refractivity contribution in [3.05, 3.63) is 28.2 Å². The van der Waals surface area contributed by atoms with Crippen molar-refractivity contribution >= 4 is 21.6 Å². The zero-order valence-corrected chi connectivity index (χ0v) is 12.5. The van der Waals surface area contributed by atoms with Crippen LogP contribution in [0.4, 0.5) is 5.69 Å². The molecular formula is C14H20BrNO. The average Bonchev–Trinajstić information content (AvgIpc) is 2.57. The van der Waals surface area contributed by atoms with Crippen LogP contribution >= 0.6 is 15.9 Å². The molecular weight excluding hydrogens is 278 g/mol. The van der Waals surface area contributed by atoms with Gasteiger partial charge in [-0.25, -0.2) is 0 Å². The third-order valence-corrected chi connectivity index (χ3v) is 4.23. The van der Waals surface area contributed by atoms with Crippen LogP contribution in [0.2, 0.25) is 0 Å². The van der Waals surface area contributed by atoms with Gasteiger partial charge in [-0.3, -0.25) is 0 Å². The molecule has 0 saturated carbocycles. The molecule has 1 aromatic carbocycles. The molecule has 0 aromatic heterocycles. The number of nitrogens with zero attached hydrogens (tertiary/aromatic N) is 1. The molecule has 2 rings (SSSR count). The summed E-state index contributed by atoms with van der Waals surface area (Å²) in [5.74, 6) is 0.162. The zero-order valence-electron chi connectivity index (χ0n) is 10.9. The maximum absolute atomic E-state index is 10.3. The molecule has 3 heteroatoms. The van der Waals surface area contributed by atoms with Crippen LogP contribution in [-0.2, 0) is 0 Å². The van der Waals surface area contributed by atoms with E-state index in [1.807, 2.05) is 13.8 Å². The Morgan fingerprint density at radius 3 is 2.59 bits per heavy atom. The van der Waals surface area contributed by atoms with Crippen LogP contribution in [0.1, 0.15) is 39.2 Å². The second kappa shape index (κ2) is 4.29. The first-order valence-electron chi connectivity index (χ1n) is 6.09. The number of hydrogen-bond donors (Lipinski definition) is 1. The van der Waals surface area contributed by atoms with Crippen molar-refractivity contribution < 1.29 is 5.11 Å². The van der Waals surface area contributed by atoms with E-state index in [1.54, 1.807) is 0 Å². The predicted octanol–water partition coefficient (Wildman–Crippen LogP) is 3.53. The van der Waals surface area contributed by atoms with E-state index < -0.39 is 5.60 Å². The molecule has 0 spiro atoms. The van der Waals surface area contributed by atoms with E-state index >= 15 is 0 Å². The van der Waals surface area contributed by atoms with Gasteiger partial charge in [0.2, 0.25) is 0 Å². The van der Waals surface area contributed by atoms with Crippen molar-refractivity contribution in [2.45, 2.75) is 45.3 Å². The molecule has 0 bridgehead atoms. The molecule has 0 radical (unpaired) electrons. The van der Waals surface area contributed by atoms with Gasteiger partial charge in [-0.05, 0) is 45.4 Å². The standard InChI is InChI=1S/C14H20BrNO/c1-9(2)16-8-10(14(3,4)17)13-11(15)6-5-7-12(13)16/h5-7,9-10,17H,8H2,1-4H3. The largest absolute Gasteiger partial charge is 0.390 e. The van der Waals surface area contributed by atoms with Crippen molar-refractivity contribution in [1.82, 2.24) is 0 Å². The average molecular weight is 298 g/mol. The Bertz CT molecular complexity index is 423. The van der Waals surface area contributed by atoms with Crippen LogP contribution in [0.3, 0.4) is 0 Å². The number of halogens is 1. The summed E-state index contributed by atoms with van der Waals surface area (Å²) in [6.45, 7) is 9.06. The van der Waals surface area contributed by atoms with Gasteiger partial charge in [0.1, 0.15) is 0 Å². The Hall–Kier alpha value is -0.540. The molecule has 1 aromatic rings. The van der Waals surface area contributed by atoms with E-state index in [1.165, 1.54) is 11.3 Å². The highest BCUT2D eigenvalue weighted by Crippen LogP contribution is 2.46. The van der Waals surface area contributed by atoms with Gasteiger partial charge in [-0.15, -0.1) is 0 Å². The quantitative estimate of drug-likeness (QED) is 0.903. The summed E-state index contributed by atoms with van der Waals surface area (Å²) in [5, 5.41) is 10.3. The lowest BCUT2D eigenvalue weighted by molar-refractivity contribution is 0.0544. The predicted molar refractivity (Wildman–Crippen MR) is 75.7 cm³/mol. The number of benzene rings is 1. The highest BCUT2D eigenvalue weighted by Gasteiger charge is 2.39. The second-order valence-corrected chi connectivity index (χ2v) is 6.48. The number of fused-ring (bicyclic) bond motifs is 1. The van der Waals surface area contributed by atoms with Crippen molar-refractivity contribution in [2.24, 2.45) is 0 Å². The first-order chi connectivity index (χ1) is 7.82. The molecule has 1 unspecified atom stereocenters. The van der Waals surface area contributed by atoms with Gasteiger partial charge in [0.15, 0.2) is 0 Å². The Morgan fingerprint density at radius 2 is 2.06 bits per heavy atom. The maximum Gasteiger partial charge on any atom is 0.0678 e. The van der Waals surface area contributed by atoms with Crippen molar-refractivity contribution in [2.75, 3.05) is 11.4 Å². The lowest BCUT2D eigenvalue weighted by atomic mass is 9.86. The van der Waals surface area contributed by atoms with E-state index in [0.29, 0.717) is 6.04 Å². The summed E-state index contributed by atoms with van der Waals surface area (Å²) in [6, 6.07) is 6.72. The summed E-state index contributed by atoms with van der Waals surface area (Å²) in [4.78, 5) is 2.36. The Balaban J connectivity index is 2.53. The fraction of sp³-hybridized carbons (Fsp3) is 0.571. The summed E-state index contributed by atoms with van der Waals surface area (Å²) in [6.07, 6.45) is 0. The first kappa shape index (κ1) is 12.9. The highest BCUT2D eigenvalue weighted by molar-refractivity contribution is 9.10. The minimum atomic E-state index is -0.692. The molecule has 1 N–H and O–H groups in total. The Labute approximate surface area is 112 Å². The molecule has 0 amide bonds. The van der Waals surface area contributed by atoms with E-state index in [4.69, 9.17) is 0 Å². The molecule has 0 fully saturated rings. The van der Waals surface area contributed by atoms with E-state index in [2.05, 4.69) is 52.9 Å². The monoisotopic (exact) mass is 297 g/mol. The van der Waals surface area contributed by atoms with Crippen molar-refractivity contribution in [3.8, 4) is 0 Å². The summed E-state index contributed by atoms with van der Waals surface area (Å²) >= 11 is 3.62. The number of rotatable bonds is 2. The van der Waals surface area contributed by atoms with E-state index in [9.17, 15) is 5.11 Å². The first-order valence-corrected chi connectivity index (χ1v) is 6.89. The van der Waals surface area contributed by atoms with E-state index in [-0.39, 0.29) is 5.92 Å². The van der Waals surface area contributed by atoms with Gasteiger partial charge < -0.3 is 10.0 Å². The molecule has 2 nitrogen and oxygen atoms in total. The van der Waals surface area contributed by atoms with Crippen molar-refractivity contribution in [3.63, 3.8) is 0 Å². The number of hydrogen-bond acceptors (Lipinski definition) is 2. The van der Waals surface area contributed by atoms with Crippen LogP contribution in [0.15, 0.2) is 22.7 Å². The van der Waals surface area contributed by atoms with Gasteiger partial charge in [-0.2, -0.15) is 0 Å². The van der Waals surface area contributed by atoms with E-state index in [0.717, 1.165) is 11.0 Å². The molecule has 1 atom stereocenters. The second-order valence-electron chi connectivity index (χ2n) is 5.62. The minimum Gasteiger partial charge on any atom is -0.390 e. The molecule has 17 heavy (non-hydrogen) atoms. The lowest BCUT2D eigenvalue weighted by Crippen LogP contribution is -2.36. The van der Waals surface area contributed by atoms with Gasteiger partial charge in [0.25, 0.3) is 0 Å². The fourth-order valence-corrected chi connectivity index (χ4v) is 3.21. The smallest absolute Gasteiger partial charge is 0.0678 e. The van der Waals surface area contributed by atoms with Crippen LogP contribution < -0.4 is 4.90 Å².